The molecule has 1 fully saturated rings. The monoisotopic (exact) mass is 215 g/mol. The molecule has 5 nitrogen and oxygen atoms in total. The Kier molecular flexibility index (Phi) is 2.61. The van der Waals surface area contributed by atoms with Crippen molar-refractivity contribution in [3.63, 3.8) is 0 Å². The first-order valence-electron chi connectivity index (χ1n) is 4.94. The molecule has 0 spiro atoms. The highest BCUT2D eigenvalue weighted by Gasteiger charge is 2.34. The summed E-state index contributed by atoms with van der Waals surface area (Å²) in [5.74, 6) is -0.403. The minimum Gasteiger partial charge on any atom is -0.442 e. The van der Waals surface area contributed by atoms with Crippen LogP contribution in [0.4, 0.5) is 0 Å². The molecule has 1 saturated carbocycles. The molecule has 1 aliphatic rings. The van der Waals surface area contributed by atoms with Gasteiger partial charge in [-0.3, -0.25) is 0 Å². The van der Waals surface area contributed by atoms with Crippen LogP contribution < -0.4 is 0 Å². The molecule has 1 aromatic rings. The zero-order chi connectivity index (χ0) is 11.5. The maximum absolute atomic E-state index is 11.6. The molecule has 0 amide bonds. The molecule has 80 valence electrons. The molecule has 0 radical (unpaired) electrons. The highest BCUT2D eigenvalue weighted by molar-refractivity contribution is 5.88. The molecule has 1 heterocycles. The summed E-state index contributed by atoms with van der Waals surface area (Å²) in [4.78, 5) is 14.2. The number of H-pyrrole nitrogens is 1. The smallest absolute Gasteiger partial charge is 0.356 e. The number of ether oxygens (including phenoxy) is 1. The van der Waals surface area contributed by atoms with Crippen LogP contribution >= 0.6 is 0 Å². The summed E-state index contributed by atoms with van der Waals surface area (Å²) in [6.45, 7) is 0. The summed E-state index contributed by atoms with van der Waals surface area (Å²) in [6.07, 6.45) is 1.20. The Balaban J connectivity index is 2.02. The lowest BCUT2D eigenvalue weighted by atomic mass is 10.2. The van der Waals surface area contributed by atoms with Crippen LogP contribution in [0.5, 0.6) is 0 Å². The van der Waals surface area contributed by atoms with E-state index in [1.54, 1.807) is 0 Å². The van der Waals surface area contributed by atoms with Crippen molar-refractivity contribution >= 4 is 5.97 Å². The van der Waals surface area contributed by atoms with Gasteiger partial charge in [-0.15, -0.1) is 0 Å². The summed E-state index contributed by atoms with van der Waals surface area (Å²) < 4.78 is 5.03. The number of aromatic nitrogens is 1. The highest BCUT2D eigenvalue weighted by Crippen LogP contribution is 2.34. The second kappa shape index (κ2) is 4.08. The van der Waals surface area contributed by atoms with Gasteiger partial charge in [-0.2, -0.15) is 10.5 Å². The number of nitrogens with zero attached hydrogens (tertiary/aromatic N) is 2. The van der Waals surface area contributed by atoms with Crippen molar-refractivity contribution in [3.8, 4) is 12.1 Å². The molecule has 2 rings (SSSR count). The van der Waals surface area contributed by atoms with E-state index in [1.807, 2.05) is 12.1 Å². The Bertz CT molecular complexity index is 488. The van der Waals surface area contributed by atoms with Gasteiger partial charge < -0.3 is 9.72 Å². The van der Waals surface area contributed by atoms with Crippen molar-refractivity contribution in [2.24, 2.45) is 5.92 Å². The number of esters is 1. The zero-order valence-corrected chi connectivity index (χ0v) is 8.43. The van der Waals surface area contributed by atoms with E-state index in [1.165, 1.54) is 12.1 Å². The first kappa shape index (κ1) is 10.3. The number of nitriles is 2. The third-order valence-corrected chi connectivity index (χ3v) is 2.44. The zero-order valence-electron chi connectivity index (χ0n) is 8.43. The van der Waals surface area contributed by atoms with Gasteiger partial charge in [0, 0.05) is 5.92 Å². The SMILES string of the molecule is N#Cc1ccc(C(=O)OC(C#N)C2CC2)[nH]1. The predicted octanol–water partition coefficient (Wildman–Crippen LogP) is 1.35. The van der Waals surface area contributed by atoms with Crippen molar-refractivity contribution in [2.45, 2.75) is 18.9 Å². The topological polar surface area (TPSA) is 89.7 Å². The summed E-state index contributed by atoms with van der Waals surface area (Å²) in [7, 11) is 0. The fraction of sp³-hybridized carbons (Fsp3) is 0.364. The van der Waals surface area contributed by atoms with Crippen molar-refractivity contribution in [1.29, 1.82) is 10.5 Å². The Hall–Kier alpha value is -2.27. The first-order chi connectivity index (χ1) is 7.74. The van der Waals surface area contributed by atoms with Crippen LogP contribution in [0.1, 0.15) is 29.0 Å². The van der Waals surface area contributed by atoms with E-state index >= 15 is 0 Å². The Labute approximate surface area is 92.2 Å². The molecule has 1 aromatic heterocycles. The van der Waals surface area contributed by atoms with Gasteiger partial charge in [-0.05, 0) is 25.0 Å². The van der Waals surface area contributed by atoms with Crippen LogP contribution in [-0.2, 0) is 4.74 Å². The molecule has 1 unspecified atom stereocenters. The second-order valence-electron chi connectivity index (χ2n) is 3.69. The summed E-state index contributed by atoms with van der Waals surface area (Å²) in [5, 5.41) is 17.4. The Morgan fingerprint density at radius 1 is 1.50 bits per heavy atom. The molecule has 0 aliphatic heterocycles. The lowest BCUT2D eigenvalue weighted by Crippen LogP contribution is -2.18. The summed E-state index contributed by atoms with van der Waals surface area (Å²) in [6, 6.07) is 6.81. The first-order valence-corrected chi connectivity index (χ1v) is 4.94. The van der Waals surface area contributed by atoms with Crippen molar-refractivity contribution < 1.29 is 9.53 Å². The fourth-order valence-corrected chi connectivity index (χ4v) is 1.39. The van der Waals surface area contributed by atoms with E-state index in [4.69, 9.17) is 15.3 Å². The number of rotatable bonds is 3. The minimum absolute atomic E-state index is 0.180. The third kappa shape index (κ3) is 2.04. The van der Waals surface area contributed by atoms with Gasteiger partial charge in [0.25, 0.3) is 0 Å². The van der Waals surface area contributed by atoms with Crippen LogP contribution in [-0.4, -0.2) is 17.1 Å². The van der Waals surface area contributed by atoms with E-state index in [-0.39, 0.29) is 11.6 Å². The van der Waals surface area contributed by atoms with Crippen LogP contribution in [0.2, 0.25) is 0 Å². The summed E-state index contributed by atoms with van der Waals surface area (Å²) in [5.41, 5.74) is 0.504. The third-order valence-electron chi connectivity index (χ3n) is 2.44. The van der Waals surface area contributed by atoms with E-state index in [2.05, 4.69) is 4.98 Å². The fourth-order valence-electron chi connectivity index (χ4n) is 1.39. The maximum Gasteiger partial charge on any atom is 0.356 e. The number of carbonyl (C=O) groups excluding carboxylic acids is 1. The molecule has 0 saturated heterocycles. The van der Waals surface area contributed by atoms with Gasteiger partial charge in [-0.25, -0.2) is 4.79 Å². The Morgan fingerprint density at radius 3 is 2.75 bits per heavy atom. The van der Waals surface area contributed by atoms with Crippen LogP contribution in [0.25, 0.3) is 0 Å². The van der Waals surface area contributed by atoms with Crippen LogP contribution in [0.15, 0.2) is 12.1 Å². The quantitative estimate of drug-likeness (QED) is 0.770. The van der Waals surface area contributed by atoms with E-state index in [9.17, 15) is 4.79 Å². The van der Waals surface area contributed by atoms with E-state index in [0.29, 0.717) is 5.69 Å². The molecular weight excluding hydrogens is 206 g/mol. The number of carbonyl (C=O) groups is 1. The van der Waals surface area contributed by atoms with Gasteiger partial charge in [-0.1, -0.05) is 0 Å². The van der Waals surface area contributed by atoms with Gasteiger partial charge in [0.1, 0.15) is 23.5 Å². The predicted molar refractivity (Wildman–Crippen MR) is 53.0 cm³/mol. The van der Waals surface area contributed by atoms with Crippen molar-refractivity contribution in [3.05, 3.63) is 23.5 Å². The van der Waals surface area contributed by atoms with Gasteiger partial charge in [0.2, 0.25) is 0 Å². The number of aromatic amines is 1. The standard InChI is InChI=1S/C11H9N3O2/c12-5-8-3-4-9(14-8)11(15)16-10(6-13)7-1-2-7/h3-4,7,10,14H,1-2H2. The van der Waals surface area contributed by atoms with Gasteiger partial charge >= 0.3 is 5.97 Å². The molecule has 5 heteroatoms. The van der Waals surface area contributed by atoms with Gasteiger partial charge in [0.15, 0.2) is 6.10 Å². The number of hydrogen-bond acceptors (Lipinski definition) is 4. The molecule has 1 aliphatic carbocycles. The Morgan fingerprint density at radius 2 is 2.25 bits per heavy atom. The normalized spacial score (nSPS) is 15.9. The van der Waals surface area contributed by atoms with Gasteiger partial charge in [0.05, 0.1) is 0 Å². The summed E-state index contributed by atoms with van der Waals surface area (Å²) >= 11 is 0. The lowest BCUT2D eigenvalue weighted by molar-refractivity contribution is 0.0363. The number of hydrogen-bond donors (Lipinski definition) is 1. The number of nitrogens with one attached hydrogen (secondary N) is 1. The van der Waals surface area contributed by atoms with Crippen LogP contribution in [0.3, 0.4) is 0 Å². The molecular formula is C11H9N3O2. The average molecular weight is 215 g/mol. The largest absolute Gasteiger partial charge is 0.442 e. The molecule has 1 N–H and O–H groups in total. The average Bonchev–Trinajstić information content (AvgIpc) is 3.02. The lowest BCUT2D eigenvalue weighted by Gasteiger charge is -2.08. The molecule has 0 aromatic carbocycles. The van der Waals surface area contributed by atoms with E-state index in [0.717, 1.165) is 12.8 Å². The maximum atomic E-state index is 11.6. The van der Waals surface area contributed by atoms with Crippen molar-refractivity contribution in [2.75, 3.05) is 0 Å². The minimum atomic E-state index is -0.665. The molecule has 1 atom stereocenters. The molecule has 0 bridgehead atoms. The van der Waals surface area contributed by atoms with Crippen LogP contribution in [0, 0.1) is 28.6 Å². The van der Waals surface area contributed by atoms with Crippen molar-refractivity contribution in [1.82, 2.24) is 4.98 Å². The van der Waals surface area contributed by atoms with E-state index < -0.39 is 12.1 Å². The highest BCUT2D eigenvalue weighted by atomic mass is 16.5. The molecule has 16 heavy (non-hydrogen) atoms. The second-order valence-corrected chi connectivity index (χ2v) is 3.69.